The Kier molecular flexibility index (Phi) is 12.3. The van der Waals surface area contributed by atoms with E-state index in [0.29, 0.717) is 37.9 Å². The van der Waals surface area contributed by atoms with Crippen molar-refractivity contribution in [1.82, 2.24) is 26.6 Å². The lowest BCUT2D eigenvalue weighted by Crippen LogP contribution is -2.50. The molecule has 3 aliphatic rings. The topological polar surface area (TPSA) is 205 Å². The lowest BCUT2D eigenvalue weighted by molar-refractivity contribution is -0.132. The smallest absolute Gasteiger partial charge is 0.244 e. The van der Waals surface area contributed by atoms with Crippen molar-refractivity contribution < 1.29 is 33.5 Å². The first kappa shape index (κ1) is 33.4. The second-order valence-corrected chi connectivity index (χ2v) is 11.5. The van der Waals surface area contributed by atoms with E-state index in [2.05, 4.69) is 26.6 Å². The van der Waals surface area contributed by atoms with Gasteiger partial charge in [-0.3, -0.25) is 29.3 Å². The highest BCUT2D eigenvalue weighted by Crippen LogP contribution is 2.25. The Hall–Kier alpha value is -4.49. The summed E-state index contributed by atoms with van der Waals surface area (Å²) in [6, 6.07) is 8.86. The SMILES string of the molecule is NC(=O)[C@@H]1CCCNC(=O)/C=C/C(=O)N[C@H]2CC[C@H](CC2)C(=O)N[C@@H](Cc2ccco2)C(=O)NCc2ccccc2CC(O)N1. The number of rotatable bonds is 3. The van der Waals surface area contributed by atoms with Gasteiger partial charge in [-0.25, -0.2) is 0 Å². The lowest BCUT2D eigenvalue weighted by Gasteiger charge is -2.29. The minimum atomic E-state index is -1.12. The molecule has 5 rings (SSSR count). The van der Waals surface area contributed by atoms with Crippen LogP contribution in [-0.2, 0) is 43.4 Å². The summed E-state index contributed by atoms with van der Waals surface area (Å²) in [4.78, 5) is 63.3. The van der Waals surface area contributed by atoms with Gasteiger partial charge in [0.2, 0.25) is 29.5 Å². The largest absolute Gasteiger partial charge is 0.469 e. The molecule has 1 unspecified atom stereocenters. The van der Waals surface area contributed by atoms with E-state index in [1.807, 2.05) is 24.3 Å². The summed E-state index contributed by atoms with van der Waals surface area (Å²) in [6.07, 6.45) is 5.88. The zero-order chi connectivity index (χ0) is 32.2. The highest BCUT2D eigenvalue weighted by molar-refractivity contribution is 5.96. The van der Waals surface area contributed by atoms with Gasteiger partial charge < -0.3 is 36.5 Å². The number of hydrogen-bond acceptors (Lipinski definition) is 8. The van der Waals surface area contributed by atoms with Crippen molar-refractivity contribution in [3.63, 3.8) is 0 Å². The highest BCUT2D eigenvalue weighted by atomic mass is 16.3. The molecule has 1 aliphatic carbocycles. The van der Waals surface area contributed by atoms with Crippen LogP contribution >= 0.6 is 0 Å². The van der Waals surface area contributed by atoms with E-state index in [1.165, 1.54) is 6.26 Å². The van der Waals surface area contributed by atoms with Gasteiger partial charge in [0.15, 0.2) is 0 Å². The maximum atomic E-state index is 13.4. The molecule has 1 fully saturated rings. The number of hydrogen-bond donors (Lipinski definition) is 7. The van der Waals surface area contributed by atoms with Gasteiger partial charge in [0.1, 0.15) is 18.0 Å². The predicted octanol–water partition coefficient (Wildman–Crippen LogP) is 0.0689. The number of fused-ring (bicyclic) bond motifs is 18. The van der Waals surface area contributed by atoms with Gasteiger partial charge in [-0.15, -0.1) is 0 Å². The number of furan rings is 1. The van der Waals surface area contributed by atoms with E-state index in [-0.39, 0.29) is 56.1 Å². The average Bonchev–Trinajstić information content (AvgIpc) is 3.53. The second-order valence-electron chi connectivity index (χ2n) is 11.5. The molecule has 13 nitrogen and oxygen atoms in total. The van der Waals surface area contributed by atoms with Crippen LogP contribution in [-0.4, -0.2) is 65.5 Å². The summed E-state index contributed by atoms with van der Waals surface area (Å²) in [6.45, 7) is 0.381. The molecule has 242 valence electrons. The molecule has 2 aromatic rings. The molecule has 3 heterocycles. The van der Waals surface area contributed by atoms with Gasteiger partial charge in [-0.05, 0) is 61.8 Å². The summed E-state index contributed by atoms with van der Waals surface area (Å²) in [5, 5.41) is 25.0. The molecule has 2 bridgehead atoms. The van der Waals surface area contributed by atoms with Crippen molar-refractivity contribution in [2.45, 2.75) is 82.3 Å². The van der Waals surface area contributed by atoms with E-state index in [1.54, 1.807) is 12.1 Å². The van der Waals surface area contributed by atoms with Crippen LogP contribution in [0.25, 0.3) is 0 Å². The first-order chi connectivity index (χ1) is 21.7. The van der Waals surface area contributed by atoms with Gasteiger partial charge in [0.25, 0.3) is 0 Å². The van der Waals surface area contributed by atoms with Crippen LogP contribution < -0.4 is 32.3 Å². The van der Waals surface area contributed by atoms with Crippen molar-refractivity contribution in [1.29, 1.82) is 0 Å². The van der Waals surface area contributed by atoms with E-state index >= 15 is 0 Å². The first-order valence-electron chi connectivity index (χ1n) is 15.3. The molecule has 1 aromatic carbocycles. The minimum absolute atomic E-state index is 0.134. The molecule has 2 aliphatic heterocycles. The molecule has 0 radical (unpaired) electrons. The fraction of sp³-hybridized carbons (Fsp3) is 0.469. The van der Waals surface area contributed by atoms with Gasteiger partial charge in [-0.2, -0.15) is 0 Å². The van der Waals surface area contributed by atoms with Crippen LogP contribution in [0.15, 0.2) is 59.2 Å². The molecule has 1 saturated carbocycles. The number of primary amides is 1. The van der Waals surface area contributed by atoms with Crippen LogP contribution in [0.4, 0.5) is 0 Å². The van der Waals surface area contributed by atoms with Gasteiger partial charge in [0, 0.05) is 50.0 Å². The molecule has 1 aromatic heterocycles. The summed E-state index contributed by atoms with van der Waals surface area (Å²) < 4.78 is 5.45. The summed E-state index contributed by atoms with van der Waals surface area (Å²) in [7, 11) is 0. The van der Waals surface area contributed by atoms with Gasteiger partial charge in [-0.1, -0.05) is 24.3 Å². The maximum absolute atomic E-state index is 13.4. The Morgan fingerprint density at radius 3 is 2.31 bits per heavy atom. The average molecular weight is 623 g/mol. The number of carbonyl (C=O) groups is 5. The van der Waals surface area contributed by atoms with Crippen LogP contribution in [0.3, 0.4) is 0 Å². The van der Waals surface area contributed by atoms with Crippen molar-refractivity contribution >= 4 is 29.5 Å². The van der Waals surface area contributed by atoms with Gasteiger partial charge in [0.05, 0.1) is 12.3 Å². The number of nitrogens with one attached hydrogen (secondary N) is 5. The molecule has 8 N–H and O–H groups in total. The highest BCUT2D eigenvalue weighted by Gasteiger charge is 2.30. The number of aliphatic hydroxyl groups is 1. The number of amides is 5. The summed E-state index contributed by atoms with van der Waals surface area (Å²) in [5.41, 5.74) is 7.06. The lowest BCUT2D eigenvalue weighted by atomic mass is 9.85. The van der Waals surface area contributed by atoms with Crippen molar-refractivity contribution in [2.24, 2.45) is 11.7 Å². The van der Waals surface area contributed by atoms with E-state index < -0.39 is 36.0 Å². The summed E-state index contributed by atoms with van der Waals surface area (Å²) in [5.74, 6) is -1.91. The fourth-order valence-electron chi connectivity index (χ4n) is 5.65. The molecule has 13 heteroatoms. The molecule has 3 atom stereocenters. The van der Waals surface area contributed by atoms with Crippen LogP contribution in [0.1, 0.15) is 55.4 Å². The normalized spacial score (nSPS) is 27.0. The molecule has 45 heavy (non-hydrogen) atoms. The van der Waals surface area contributed by atoms with E-state index in [4.69, 9.17) is 10.2 Å². The Bertz CT molecular complexity index is 1350. The van der Waals surface area contributed by atoms with Crippen molar-refractivity contribution in [2.75, 3.05) is 6.54 Å². The third kappa shape index (κ3) is 10.6. The number of aliphatic hydroxyl groups excluding tert-OH is 1. The zero-order valence-corrected chi connectivity index (χ0v) is 25.1. The van der Waals surface area contributed by atoms with E-state index in [0.717, 1.165) is 23.3 Å². The molecule has 5 amide bonds. The van der Waals surface area contributed by atoms with Crippen LogP contribution in [0.2, 0.25) is 0 Å². The van der Waals surface area contributed by atoms with E-state index in [9.17, 15) is 29.1 Å². The third-order valence-electron chi connectivity index (χ3n) is 8.14. The summed E-state index contributed by atoms with van der Waals surface area (Å²) >= 11 is 0. The predicted molar refractivity (Wildman–Crippen MR) is 164 cm³/mol. The Labute approximate surface area is 261 Å². The standard InChI is InChI=1S/C32H42N6O7/c33-30(42)25-8-3-15-34-27(39)13-14-28(40)36-23-11-9-20(10-12-23)31(43)38-26(18-24-7-4-16-45-24)32(44)35-19-22-6-2-1-5-21(22)17-29(41)37-25/h1-2,4-7,13-14,16,20,23,25-26,29,37,41H,3,8-12,15,17-19H2,(H2,33,42)(H,34,39)(H,35,44)(H,36,40)(H,38,43)/b14-13+/t20-,23+,25-,26-,29?/m0/s1. The van der Waals surface area contributed by atoms with Gasteiger partial charge >= 0.3 is 0 Å². The Morgan fingerprint density at radius 1 is 0.867 bits per heavy atom. The minimum Gasteiger partial charge on any atom is -0.469 e. The number of benzene rings is 1. The molecule has 0 spiro atoms. The fourth-order valence-corrected chi connectivity index (χ4v) is 5.65. The molecular weight excluding hydrogens is 580 g/mol. The first-order valence-corrected chi connectivity index (χ1v) is 15.3. The monoisotopic (exact) mass is 622 g/mol. The number of carbonyl (C=O) groups excluding carboxylic acids is 5. The molecular formula is C32H42N6O7. The Balaban J connectivity index is 1.51. The van der Waals surface area contributed by atoms with Crippen LogP contribution in [0.5, 0.6) is 0 Å². The number of nitrogens with two attached hydrogens (primary N) is 1. The van der Waals surface area contributed by atoms with Crippen LogP contribution in [0, 0.1) is 5.92 Å². The zero-order valence-electron chi connectivity index (χ0n) is 25.1. The Morgan fingerprint density at radius 2 is 1.60 bits per heavy atom. The maximum Gasteiger partial charge on any atom is 0.244 e. The second kappa shape index (κ2) is 16.5. The molecule has 0 saturated heterocycles. The third-order valence-corrected chi connectivity index (χ3v) is 8.14. The van der Waals surface area contributed by atoms with Crippen molar-refractivity contribution in [3.05, 3.63) is 71.7 Å². The van der Waals surface area contributed by atoms with Crippen molar-refractivity contribution in [3.8, 4) is 0 Å². The quantitative estimate of drug-likeness (QED) is 0.249.